The Balaban J connectivity index is 2.25. The van der Waals surface area contributed by atoms with E-state index in [0.29, 0.717) is 11.8 Å². The summed E-state index contributed by atoms with van der Waals surface area (Å²) in [6.07, 6.45) is 2.71. The third-order valence-electron chi connectivity index (χ3n) is 3.39. The fourth-order valence-corrected chi connectivity index (χ4v) is 2.87. The van der Waals surface area contributed by atoms with Gasteiger partial charge in [-0.15, -0.1) is 0 Å². The summed E-state index contributed by atoms with van der Waals surface area (Å²) in [4.78, 5) is 14.0. The predicted molar refractivity (Wildman–Crippen MR) is 76.0 cm³/mol. The maximum absolute atomic E-state index is 12.3. The van der Waals surface area contributed by atoms with E-state index < -0.39 is 6.10 Å². The highest BCUT2D eigenvalue weighted by Gasteiger charge is 2.34. The van der Waals surface area contributed by atoms with E-state index in [9.17, 15) is 9.90 Å². The first-order valence-electron chi connectivity index (χ1n) is 6.35. The van der Waals surface area contributed by atoms with Gasteiger partial charge < -0.3 is 10.0 Å². The molecule has 98 valence electrons. The molecule has 3 nitrogen and oxygen atoms in total. The SMILES string of the molecule is O=C(CCBr)N(c1ccccc1)C1CCCC1O. The number of nitrogens with zero attached hydrogens (tertiary/aromatic N) is 1. The van der Waals surface area contributed by atoms with Crippen molar-refractivity contribution in [2.24, 2.45) is 0 Å². The Morgan fingerprint density at radius 1 is 1.33 bits per heavy atom. The van der Waals surface area contributed by atoms with Gasteiger partial charge in [-0.3, -0.25) is 4.79 Å². The molecule has 1 fully saturated rings. The second-order valence-electron chi connectivity index (χ2n) is 4.60. The van der Waals surface area contributed by atoms with Gasteiger partial charge in [0.1, 0.15) is 0 Å². The third-order valence-corrected chi connectivity index (χ3v) is 3.78. The van der Waals surface area contributed by atoms with Gasteiger partial charge in [-0.25, -0.2) is 0 Å². The monoisotopic (exact) mass is 311 g/mol. The molecule has 0 heterocycles. The van der Waals surface area contributed by atoms with Crippen molar-refractivity contribution >= 4 is 27.5 Å². The molecule has 1 aromatic rings. The van der Waals surface area contributed by atoms with Crippen LogP contribution in [0.4, 0.5) is 5.69 Å². The van der Waals surface area contributed by atoms with Crippen LogP contribution in [0.25, 0.3) is 0 Å². The zero-order valence-electron chi connectivity index (χ0n) is 10.3. The summed E-state index contributed by atoms with van der Waals surface area (Å²) in [5, 5.41) is 10.7. The number of carbonyl (C=O) groups excluding carboxylic acids is 1. The van der Waals surface area contributed by atoms with Crippen molar-refractivity contribution in [3.63, 3.8) is 0 Å². The average Bonchev–Trinajstić information content (AvgIpc) is 2.78. The Labute approximate surface area is 116 Å². The Morgan fingerprint density at radius 2 is 2.06 bits per heavy atom. The zero-order chi connectivity index (χ0) is 13.0. The predicted octanol–water partition coefficient (Wildman–Crippen LogP) is 2.72. The van der Waals surface area contributed by atoms with E-state index in [1.54, 1.807) is 4.90 Å². The molecule has 2 atom stereocenters. The largest absolute Gasteiger partial charge is 0.391 e. The molecule has 1 N–H and O–H groups in total. The summed E-state index contributed by atoms with van der Waals surface area (Å²) >= 11 is 3.30. The van der Waals surface area contributed by atoms with E-state index in [1.807, 2.05) is 30.3 Å². The molecule has 0 radical (unpaired) electrons. The molecule has 0 aromatic heterocycles. The van der Waals surface area contributed by atoms with Gasteiger partial charge in [0.05, 0.1) is 12.1 Å². The number of aliphatic hydroxyl groups is 1. The number of alkyl halides is 1. The summed E-state index contributed by atoms with van der Waals surface area (Å²) in [5.41, 5.74) is 0.884. The highest BCUT2D eigenvalue weighted by molar-refractivity contribution is 9.09. The number of rotatable bonds is 4. The third kappa shape index (κ3) is 2.93. The zero-order valence-corrected chi connectivity index (χ0v) is 11.8. The first-order valence-corrected chi connectivity index (χ1v) is 7.47. The van der Waals surface area contributed by atoms with E-state index in [2.05, 4.69) is 15.9 Å². The second kappa shape index (κ2) is 6.34. The highest BCUT2D eigenvalue weighted by Crippen LogP contribution is 2.29. The molecule has 2 rings (SSSR count). The van der Waals surface area contributed by atoms with Crippen LogP contribution in [0.15, 0.2) is 30.3 Å². The quantitative estimate of drug-likeness (QED) is 0.869. The number of benzene rings is 1. The molecular formula is C14H18BrNO2. The van der Waals surface area contributed by atoms with Crippen LogP contribution in [-0.4, -0.2) is 28.5 Å². The Morgan fingerprint density at radius 3 is 2.61 bits per heavy atom. The standard InChI is InChI=1S/C14H18BrNO2/c15-10-9-14(18)16(11-5-2-1-3-6-11)12-7-4-8-13(12)17/h1-3,5-6,12-13,17H,4,7-10H2. The molecule has 0 spiro atoms. The van der Waals surface area contributed by atoms with Crippen molar-refractivity contribution in [2.45, 2.75) is 37.8 Å². The first-order chi connectivity index (χ1) is 8.74. The summed E-state index contributed by atoms with van der Waals surface area (Å²) in [6.45, 7) is 0. The van der Waals surface area contributed by atoms with Crippen LogP contribution < -0.4 is 4.90 Å². The fourth-order valence-electron chi connectivity index (χ4n) is 2.53. The molecule has 1 aliphatic carbocycles. The van der Waals surface area contributed by atoms with Crippen molar-refractivity contribution in [2.75, 3.05) is 10.2 Å². The van der Waals surface area contributed by atoms with Crippen LogP contribution in [0.5, 0.6) is 0 Å². The lowest BCUT2D eigenvalue weighted by atomic mass is 10.1. The molecular weight excluding hydrogens is 294 g/mol. The number of carbonyl (C=O) groups is 1. The Hall–Kier alpha value is -0.870. The van der Waals surface area contributed by atoms with Gasteiger partial charge in [0.25, 0.3) is 0 Å². The highest BCUT2D eigenvalue weighted by atomic mass is 79.9. The number of hydrogen-bond acceptors (Lipinski definition) is 2. The van der Waals surface area contributed by atoms with Gasteiger partial charge in [-0.05, 0) is 31.4 Å². The average molecular weight is 312 g/mol. The molecule has 0 saturated heterocycles. The van der Waals surface area contributed by atoms with Gasteiger partial charge in [0.2, 0.25) is 5.91 Å². The van der Waals surface area contributed by atoms with E-state index in [0.717, 1.165) is 24.9 Å². The van der Waals surface area contributed by atoms with Crippen molar-refractivity contribution in [1.29, 1.82) is 0 Å². The van der Waals surface area contributed by atoms with E-state index in [1.165, 1.54) is 0 Å². The van der Waals surface area contributed by atoms with Crippen LogP contribution in [0, 0.1) is 0 Å². The summed E-state index contributed by atoms with van der Waals surface area (Å²) < 4.78 is 0. The minimum absolute atomic E-state index is 0.0704. The van der Waals surface area contributed by atoms with Crippen LogP contribution in [0.2, 0.25) is 0 Å². The van der Waals surface area contributed by atoms with Gasteiger partial charge in [-0.2, -0.15) is 0 Å². The molecule has 0 bridgehead atoms. The molecule has 2 unspecified atom stereocenters. The maximum atomic E-state index is 12.3. The Bertz CT molecular complexity index is 396. The van der Waals surface area contributed by atoms with Gasteiger partial charge in [-0.1, -0.05) is 34.1 Å². The molecule has 0 aliphatic heterocycles. The number of para-hydroxylation sites is 1. The van der Waals surface area contributed by atoms with Crippen molar-refractivity contribution in [1.82, 2.24) is 0 Å². The number of halogens is 1. The first kappa shape index (κ1) is 13.6. The van der Waals surface area contributed by atoms with Gasteiger partial charge in [0.15, 0.2) is 0 Å². The van der Waals surface area contributed by atoms with E-state index in [4.69, 9.17) is 0 Å². The molecule has 1 saturated carbocycles. The second-order valence-corrected chi connectivity index (χ2v) is 5.40. The van der Waals surface area contributed by atoms with Gasteiger partial charge in [0, 0.05) is 17.4 Å². The number of hydrogen-bond donors (Lipinski definition) is 1. The number of amides is 1. The van der Waals surface area contributed by atoms with E-state index in [-0.39, 0.29) is 11.9 Å². The van der Waals surface area contributed by atoms with Crippen molar-refractivity contribution < 1.29 is 9.90 Å². The number of anilines is 1. The van der Waals surface area contributed by atoms with Crippen molar-refractivity contribution in [3.8, 4) is 0 Å². The van der Waals surface area contributed by atoms with Crippen LogP contribution in [0.1, 0.15) is 25.7 Å². The topological polar surface area (TPSA) is 40.5 Å². The summed E-state index contributed by atoms with van der Waals surface area (Å²) in [7, 11) is 0. The van der Waals surface area contributed by atoms with Gasteiger partial charge >= 0.3 is 0 Å². The normalized spacial score (nSPS) is 23.0. The molecule has 1 aliphatic rings. The molecule has 18 heavy (non-hydrogen) atoms. The smallest absolute Gasteiger partial charge is 0.228 e. The molecule has 1 aromatic carbocycles. The minimum atomic E-state index is -0.399. The lowest BCUT2D eigenvalue weighted by Crippen LogP contribution is -2.44. The van der Waals surface area contributed by atoms with Crippen LogP contribution >= 0.6 is 15.9 Å². The minimum Gasteiger partial charge on any atom is -0.391 e. The Kier molecular flexibility index (Phi) is 4.78. The maximum Gasteiger partial charge on any atom is 0.228 e. The van der Waals surface area contributed by atoms with E-state index >= 15 is 0 Å². The molecule has 4 heteroatoms. The van der Waals surface area contributed by atoms with Crippen LogP contribution in [0.3, 0.4) is 0 Å². The summed E-state index contributed by atoms with van der Waals surface area (Å²) in [5.74, 6) is 0.0732. The summed E-state index contributed by atoms with van der Waals surface area (Å²) in [6, 6.07) is 9.56. The number of aliphatic hydroxyl groups excluding tert-OH is 1. The van der Waals surface area contributed by atoms with Crippen molar-refractivity contribution in [3.05, 3.63) is 30.3 Å². The lowest BCUT2D eigenvalue weighted by Gasteiger charge is -2.31. The lowest BCUT2D eigenvalue weighted by molar-refractivity contribution is -0.119. The van der Waals surface area contributed by atoms with Crippen LogP contribution in [-0.2, 0) is 4.79 Å². The molecule has 1 amide bonds. The fraction of sp³-hybridized carbons (Fsp3) is 0.500.